The van der Waals surface area contributed by atoms with Gasteiger partial charge in [0.25, 0.3) is 0 Å². The van der Waals surface area contributed by atoms with Gasteiger partial charge in [0.15, 0.2) is 0 Å². The molecule has 2 rings (SSSR count). The maximum absolute atomic E-state index is 2.87. The summed E-state index contributed by atoms with van der Waals surface area (Å²) in [5.74, 6) is 0.861. The molecule has 0 unspecified atom stereocenters. The molecule has 1 nitrogen and oxygen atoms in total. The lowest BCUT2D eigenvalue weighted by Gasteiger charge is -2.49. The second-order valence-corrected chi connectivity index (χ2v) is 6.43. The topological polar surface area (TPSA) is 3.24 Å². The molecule has 0 atom stereocenters. The average molecular weight is 223 g/mol. The molecule has 0 amide bonds. The first-order valence-electron chi connectivity index (χ1n) is 7.48. The van der Waals surface area contributed by atoms with Crippen LogP contribution >= 0.6 is 0 Å². The van der Waals surface area contributed by atoms with Gasteiger partial charge >= 0.3 is 0 Å². The largest absolute Gasteiger partial charge is 0.298 e. The van der Waals surface area contributed by atoms with Crippen LogP contribution in [0.2, 0.25) is 0 Å². The van der Waals surface area contributed by atoms with E-state index < -0.39 is 0 Å². The molecule has 0 bridgehead atoms. The van der Waals surface area contributed by atoms with E-state index in [2.05, 4.69) is 18.7 Å². The molecule has 0 spiro atoms. The highest BCUT2D eigenvalue weighted by Crippen LogP contribution is 2.39. The summed E-state index contributed by atoms with van der Waals surface area (Å²) in [6.45, 7) is 7.57. The summed E-state index contributed by atoms with van der Waals surface area (Å²) < 4.78 is 0. The first kappa shape index (κ1) is 12.4. The van der Waals surface area contributed by atoms with Crippen molar-refractivity contribution in [3.05, 3.63) is 0 Å². The zero-order chi connectivity index (χ0) is 11.4. The van der Waals surface area contributed by atoms with Gasteiger partial charge in [0, 0.05) is 5.54 Å². The van der Waals surface area contributed by atoms with E-state index in [1.807, 2.05) is 0 Å². The van der Waals surface area contributed by atoms with E-state index in [1.165, 1.54) is 70.9 Å². The second kappa shape index (κ2) is 5.53. The Balaban J connectivity index is 2.05. The quantitative estimate of drug-likeness (QED) is 0.692. The first-order chi connectivity index (χ1) is 7.73. The van der Waals surface area contributed by atoms with Gasteiger partial charge < -0.3 is 0 Å². The van der Waals surface area contributed by atoms with Crippen molar-refractivity contribution in [2.75, 3.05) is 13.1 Å². The fraction of sp³-hybridized carbons (Fsp3) is 1.00. The van der Waals surface area contributed by atoms with Gasteiger partial charge in [-0.2, -0.15) is 0 Å². The number of rotatable bonds is 3. The molecule has 1 saturated heterocycles. The minimum absolute atomic E-state index is 0.604. The summed E-state index contributed by atoms with van der Waals surface area (Å²) in [4.78, 5) is 2.87. The van der Waals surface area contributed by atoms with Crippen molar-refractivity contribution >= 4 is 0 Å². The maximum Gasteiger partial charge on any atom is 0.0212 e. The van der Waals surface area contributed by atoms with Crippen LogP contribution in [-0.4, -0.2) is 23.5 Å². The highest BCUT2D eigenvalue weighted by atomic mass is 15.2. The van der Waals surface area contributed by atoms with Crippen LogP contribution in [0.5, 0.6) is 0 Å². The van der Waals surface area contributed by atoms with Gasteiger partial charge in [-0.3, -0.25) is 4.90 Å². The smallest absolute Gasteiger partial charge is 0.0212 e. The van der Waals surface area contributed by atoms with Crippen molar-refractivity contribution in [1.29, 1.82) is 0 Å². The lowest BCUT2D eigenvalue weighted by atomic mass is 9.74. The maximum atomic E-state index is 2.87. The monoisotopic (exact) mass is 223 g/mol. The molecule has 1 aliphatic heterocycles. The van der Waals surface area contributed by atoms with Gasteiger partial charge in [0.05, 0.1) is 0 Å². The lowest BCUT2D eigenvalue weighted by Crippen LogP contribution is -2.52. The summed E-state index contributed by atoms with van der Waals surface area (Å²) in [7, 11) is 0. The Hall–Kier alpha value is -0.0400. The van der Waals surface area contributed by atoms with Crippen LogP contribution < -0.4 is 0 Å². The van der Waals surface area contributed by atoms with Crippen molar-refractivity contribution in [2.45, 2.75) is 77.2 Å². The van der Waals surface area contributed by atoms with Crippen molar-refractivity contribution in [3.63, 3.8) is 0 Å². The molecule has 1 aliphatic carbocycles. The first-order valence-corrected chi connectivity index (χ1v) is 7.48. The van der Waals surface area contributed by atoms with Crippen LogP contribution in [0.15, 0.2) is 0 Å². The van der Waals surface area contributed by atoms with Crippen LogP contribution in [0.3, 0.4) is 0 Å². The Kier molecular flexibility index (Phi) is 4.29. The molecule has 0 radical (unpaired) electrons. The van der Waals surface area contributed by atoms with Crippen molar-refractivity contribution < 1.29 is 0 Å². The van der Waals surface area contributed by atoms with Gasteiger partial charge in [-0.05, 0) is 51.1 Å². The SMILES string of the molecule is CC(C)CC1(N2CCCCC2)CCCCC1. The van der Waals surface area contributed by atoms with Crippen LogP contribution in [0.4, 0.5) is 0 Å². The molecule has 2 fully saturated rings. The van der Waals surface area contributed by atoms with E-state index in [-0.39, 0.29) is 0 Å². The third-order valence-electron chi connectivity index (χ3n) is 4.60. The minimum Gasteiger partial charge on any atom is -0.298 e. The van der Waals surface area contributed by atoms with Gasteiger partial charge in [-0.25, -0.2) is 0 Å². The number of hydrogen-bond acceptors (Lipinski definition) is 1. The fourth-order valence-electron chi connectivity index (χ4n) is 3.99. The molecule has 1 saturated carbocycles. The van der Waals surface area contributed by atoms with E-state index in [1.54, 1.807) is 0 Å². The zero-order valence-electron chi connectivity index (χ0n) is 11.3. The Morgan fingerprint density at radius 3 is 2.00 bits per heavy atom. The van der Waals surface area contributed by atoms with E-state index in [4.69, 9.17) is 0 Å². The second-order valence-electron chi connectivity index (χ2n) is 6.43. The fourth-order valence-corrected chi connectivity index (χ4v) is 3.99. The van der Waals surface area contributed by atoms with E-state index in [0.29, 0.717) is 5.54 Å². The molecule has 0 N–H and O–H groups in total. The molecular formula is C15H29N. The summed E-state index contributed by atoms with van der Waals surface area (Å²) >= 11 is 0. The summed E-state index contributed by atoms with van der Waals surface area (Å²) in [6, 6.07) is 0. The van der Waals surface area contributed by atoms with Gasteiger partial charge in [0.2, 0.25) is 0 Å². The van der Waals surface area contributed by atoms with Gasteiger partial charge in [0.1, 0.15) is 0 Å². The van der Waals surface area contributed by atoms with Gasteiger partial charge in [-0.1, -0.05) is 39.5 Å². The molecular weight excluding hydrogens is 194 g/mol. The highest BCUT2D eigenvalue weighted by molar-refractivity contribution is 4.94. The number of nitrogens with zero attached hydrogens (tertiary/aromatic N) is 1. The van der Waals surface area contributed by atoms with Crippen LogP contribution in [-0.2, 0) is 0 Å². The Morgan fingerprint density at radius 2 is 1.44 bits per heavy atom. The summed E-state index contributed by atoms with van der Waals surface area (Å²) in [5, 5.41) is 0. The predicted molar refractivity (Wildman–Crippen MR) is 70.7 cm³/mol. The lowest BCUT2D eigenvalue weighted by molar-refractivity contribution is 0.0171. The Bertz CT molecular complexity index is 197. The molecule has 1 heterocycles. The van der Waals surface area contributed by atoms with E-state index in [0.717, 1.165) is 5.92 Å². The van der Waals surface area contributed by atoms with Crippen molar-refractivity contribution in [3.8, 4) is 0 Å². The molecule has 16 heavy (non-hydrogen) atoms. The Morgan fingerprint density at radius 1 is 0.875 bits per heavy atom. The molecule has 2 aliphatic rings. The number of likely N-dealkylation sites (tertiary alicyclic amines) is 1. The predicted octanol–water partition coefficient (Wildman–Crippen LogP) is 4.22. The zero-order valence-corrected chi connectivity index (χ0v) is 11.3. The van der Waals surface area contributed by atoms with Crippen LogP contribution in [0, 0.1) is 5.92 Å². The minimum atomic E-state index is 0.604. The molecule has 94 valence electrons. The van der Waals surface area contributed by atoms with Crippen LogP contribution in [0.25, 0.3) is 0 Å². The third-order valence-corrected chi connectivity index (χ3v) is 4.60. The van der Waals surface area contributed by atoms with Crippen molar-refractivity contribution in [1.82, 2.24) is 4.90 Å². The summed E-state index contributed by atoms with van der Waals surface area (Å²) in [5.41, 5.74) is 0.604. The molecule has 0 aromatic rings. The third kappa shape index (κ3) is 2.80. The Labute approximate surface area is 102 Å². The molecule has 0 aromatic carbocycles. The molecule has 0 aromatic heterocycles. The summed E-state index contributed by atoms with van der Waals surface area (Å²) in [6.07, 6.45) is 13.2. The highest BCUT2D eigenvalue weighted by Gasteiger charge is 2.38. The van der Waals surface area contributed by atoms with E-state index >= 15 is 0 Å². The van der Waals surface area contributed by atoms with Gasteiger partial charge in [-0.15, -0.1) is 0 Å². The van der Waals surface area contributed by atoms with Crippen molar-refractivity contribution in [2.24, 2.45) is 5.92 Å². The average Bonchev–Trinajstić information content (AvgIpc) is 2.30. The van der Waals surface area contributed by atoms with E-state index in [9.17, 15) is 0 Å². The number of piperidine rings is 1. The van der Waals surface area contributed by atoms with Crippen LogP contribution in [0.1, 0.15) is 71.6 Å². The molecule has 1 heteroatoms. The number of hydrogen-bond donors (Lipinski definition) is 0. The standard InChI is InChI=1S/C15H29N/c1-14(2)13-15(9-5-3-6-10-15)16-11-7-4-8-12-16/h14H,3-13H2,1-2H3. The normalized spacial score (nSPS) is 27.2.